The van der Waals surface area contributed by atoms with Crippen molar-refractivity contribution in [3.05, 3.63) is 35.9 Å². The number of rotatable bonds is 5. The van der Waals surface area contributed by atoms with Crippen molar-refractivity contribution in [2.75, 3.05) is 6.61 Å². The molecular weight excluding hydrogens is 208 g/mol. The molecule has 1 fully saturated rings. The predicted molar refractivity (Wildman–Crippen MR) is 63.2 cm³/mol. The van der Waals surface area contributed by atoms with Gasteiger partial charge in [-0.1, -0.05) is 43.7 Å². The largest absolute Gasteiger partial charge is 0.376 e. The summed E-state index contributed by atoms with van der Waals surface area (Å²) >= 11 is 6.49. The van der Waals surface area contributed by atoms with Crippen molar-refractivity contribution in [1.82, 2.24) is 0 Å². The fourth-order valence-electron chi connectivity index (χ4n) is 1.79. The Morgan fingerprint density at radius 2 is 2.13 bits per heavy atom. The smallest absolute Gasteiger partial charge is 0.0981 e. The highest BCUT2D eigenvalue weighted by Crippen LogP contribution is 2.54. The van der Waals surface area contributed by atoms with Crippen LogP contribution in [-0.2, 0) is 9.61 Å². The van der Waals surface area contributed by atoms with Crippen molar-refractivity contribution in [1.29, 1.82) is 0 Å². The minimum Gasteiger partial charge on any atom is -0.376 e. The highest BCUT2D eigenvalue weighted by molar-refractivity contribution is 6.26. The second kappa shape index (κ2) is 4.54. The summed E-state index contributed by atoms with van der Waals surface area (Å²) in [5, 5.41) is 0. The van der Waals surface area contributed by atoms with Gasteiger partial charge in [0.25, 0.3) is 0 Å². The summed E-state index contributed by atoms with van der Waals surface area (Å²) in [5.41, 5.74) is 1.19. The zero-order valence-electron chi connectivity index (χ0n) is 9.08. The molecule has 0 N–H and O–H groups in total. The molecule has 1 saturated carbocycles. The third-order valence-electron chi connectivity index (χ3n) is 2.90. The van der Waals surface area contributed by atoms with E-state index in [1.54, 1.807) is 0 Å². The van der Waals surface area contributed by atoms with Crippen molar-refractivity contribution < 1.29 is 4.74 Å². The molecule has 1 aromatic rings. The molecule has 0 heterocycles. The van der Waals surface area contributed by atoms with E-state index >= 15 is 0 Å². The topological polar surface area (TPSA) is 9.23 Å². The average molecular weight is 225 g/mol. The lowest BCUT2D eigenvalue weighted by Gasteiger charge is -2.09. The molecule has 2 heteroatoms. The maximum absolute atomic E-state index is 6.49. The van der Waals surface area contributed by atoms with Gasteiger partial charge < -0.3 is 4.74 Å². The fourth-order valence-corrected chi connectivity index (χ4v) is 2.12. The number of hydrogen-bond donors (Lipinski definition) is 0. The van der Waals surface area contributed by atoms with E-state index in [1.165, 1.54) is 12.0 Å². The van der Waals surface area contributed by atoms with Crippen molar-refractivity contribution in [3.63, 3.8) is 0 Å². The van der Waals surface area contributed by atoms with Crippen LogP contribution in [0.3, 0.4) is 0 Å². The van der Waals surface area contributed by atoms with E-state index < -0.39 is 0 Å². The van der Waals surface area contributed by atoms with Crippen LogP contribution in [0.25, 0.3) is 0 Å². The van der Waals surface area contributed by atoms with Gasteiger partial charge >= 0.3 is 0 Å². The van der Waals surface area contributed by atoms with Crippen LogP contribution < -0.4 is 0 Å². The van der Waals surface area contributed by atoms with E-state index in [4.69, 9.17) is 16.3 Å². The highest BCUT2D eigenvalue weighted by atomic mass is 35.5. The van der Waals surface area contributed by atoms with Gasteiger partial charge in [-0.15, -0.1) is 11.6 Å². The van der Waals surface area contributed by atoms with Gasteiger partial charge in [-0.05, 0) is 12.0 Å². The molecule has 0 unspecified atom stereocenters. The first-order valence-electron chi connectivity index (χ1n) is 5.63. The Bertz CT molecular complexity index is 312. The molecule has 15 heavy (non-hydrogen) atoms. The summed E-state index contributed by atoms with van der Waals surface area (Å²) < 4.78 is 5.73. The summed E-state index contributed by atoms with van der Waals surface area (Å²) in [6.45, 7) is 3.00. The molecule has 82 valence electrons. The third kappa shape index (κ3) is 2.35. The Labute approximate surface area is 96.4 Å². The zero-order chi connectivity index (χ0) is 10.7. The van der Waals surface area contributed by atoms with Gasteiger partial charge in [-0.2, -0.15) is 0 Å². The van der Waals surface area contributed by atoms with Crippen molar-refractivity contribution in [2.24, 2.45) is 0 Å². The summed E-state index contributed by atoms with van der Waals surface area (Å²) in [4.78, 5) is -0.241. The van der Waals surface area contributed by atoms with Gasteiger partial charge in [-0.25, -0.2) is 0 Å². The second-order valence-electron chi connectivity index (χ2n) is 4.15. The lowest BCUT2D eigenvalue weighted by molar-refractivity contribution is 0.109. The number of unbranched alkanes of at least 4 members (excludes halogenated alkanes) is 1. The molecule has 0 amide bonds. The van der Waals surface area contributed by atoms with Crippen LogP contribution in [0, 0.1) is 0 Å². The van der Waals surface area contributed by atoms with E-state index in [-0.39, 0.29) is 11.0 Å². The van der Waals surface area contributed by atoms with Gasteiger partial charge in [0, 0.05) is 13.0 Å². The standard InChI is InChI=1S/C13H17ClO/c1-2-3-9-15-12-10-13(12,14)11-7-5-4-6-8-11/h4-8,12H,2-3,9-10H2,1H3/t12-,13-/m0/s1. The number of ether oxygens (including phenoxy) is 1. The zero-order valence-corrected chi connectivity index (χ0v) is 9.83. The fraction of sp³-hybridized carbons (Fsp3) is 0.538. The Kier molecular flexibility index (Phi) is 3.32. The maximum Gasteiger partial charge on any atom is 0.0981 e. The SMILES string of the molecule is CCCCO[C@H]1C[C@]1(Cl)c1ccccc1. The monoisotopic (exact) mass is 224 g/mol. The Hall–Kier alpha value is -0.530. The maximum atomic E-state index is 6.49. The Morgan fingerprint density at radius 1 is 1.40 bits per heavy atom. The average Bonchev–Trinajstić information content (AvgIpc) is 2.93. The molecule has 1 aromatic carbocycles. The Balaban J connectivity index is 1.90. The summed E-state index contributed by atoms with van der Waals surface area (Å²) in [6.07, 6.45) is 3.46. The number of benzene rings is 1. The van der Waals surface area contributed by atoms with Crippen molar-refractivity contribution >= 4 is 11.6 Å². The first-order chi connectivity index (χ1) is 7.27. The number of alkyl halides is 1. The highest BCUT2D eigenvalue weighted by Gasteiger charge is 2.55. The minimum absolute atomic E-state index is 0.216. The quantitative estimate of drug-likeness (QED) is 0.547. The molecule has 0 radical (unpaired) electrons. The van der Waals surface area contributed by atoms with E-state index in [9.17, 15) is 0 Å². The number of halogens is 1. The van der Waals surface area contributed by atoms with Gasteiger partial charge in [-0.3, -0.25) is 0 Å². The van der Waals surface area contributed by atoms with Crippen LogP contribution in [0.1, 0.15) is 31.7 Å². The lowest BCUT2D eigenvalue weighted by atomic mass is 10.1. The molecule has 1 aliphatic rings. The van der Waals surface area contributed by atoms with Gasteiger partial charge in [0.05, 0.1) is 11.0 Å². The normalized spacial score (nSPS) is 29.1. The van der Waals surface area contributed by atoms with E-state index in [1.807, 2.05) is 18.2 Å². The Morgan fingerprint density at radius 3 is 2.80 bits per heavy atom. The lowest BCUT2D eigenvalue weighted by Crippen LogP contribution is -2.08. The third-order valence-corrected chi connectivity index (χ3v) is 3.52. The predicted octanol–water partition coefficient (Wildman–Crippen LogP) is 3.71. The molecule has 1 aliphatic carbocycles. The summed E-state index contributed by atoms with van der Waals surface area (Å²) in [6, 6.07) is 10.2. The molecule has 2 atom stereocenters. The molecule has 2 rings (SSSR count). The van der Waals surface area contributed by atoms with E-state index in [2.05, 4.69) is 19.1 Å². The molecule has 0 aromatic heterocycles. The summed E-state index contributed by atoms with van der Waals surface area (Å²) in [5.74, 6) is 0. The van der Waals surface area contributed by atoms with Gasteiger partial charge in [0.2, 0.25) is 0 Å². The molecule has 0 saturated heterocycles. The molecule has 0 aliphatic heterocycles. The minimum atomic E-state index is -0.241. The first-order valence-corrected chi connectivity index (χ1v) is 6.01. The molecule has 0 spiro atoms. The van der Waals surface area contributed by atoms with Crippen molar-refractivity contribution in [2.45, 2.75) is 37.2 Å². The second-order valence-corrected chi connectivity index (χ2v) is 4.82. The molecular formula is C13H17ClO. The van der Waals surface area contributed by atoms with Crippen LogP contribution in [-0.4, -0.2) is 12.7 Å². The summed E-state index contributed by atoms with van der Waals surface area (Å²) in [7, 11) is 0. The molecule has 1 nitrogen and oxygen atoms in total. The first kappa shape index (κ1) is 11.0. The van der Waals surface area contributed by atoms with E-state index in [0.717, 1.165) is 19.4 Å². The van der Waals surface area contributed by atoms with E-state index in [0.29, 0.717) is 0 Å². The van der Waals surface area contributed by atoms with Crippen LogP contribution >= 0.6 is 11.6 Å². The van der Waals surface area contributed by atoms with Crippen molar-refractivity contribution in [3.8, 4) is 0 Å². The van der Waals surface area contributed by atoms with Gasteiger partial charge in [0.1, 0.15) is 0 Å². The van der Waals surface area contributed by atoms with Crippen LogP contribution in [0.15, 0.2) is 30.3 Å². The number of hydrogen-bond acceptors (Lipinski definition) is 1. The van der Waals surface area contributed by atoms with Crippen LogP contribution in [0.2, 0.25) is 0 Å². The van der Waals surface area contributed by atoms with Crippen LogP contribution in [0.5, 0.6) is 0 Å². The molecule has 0 bridgehead atoms. The van der Waals surface area contributed by atoms with Crippen LogP contribution in [0.4, 0.5) is 0 Å². The van der Waals surface area contributed by atoms with Gasteiger partial charge in [0.15, 0.2) is 0 Å².